The van der Waals surface area contributed by atoms with Crippen molar-refractivity contribution in [2.45, 2.75) is 18.8 Å². The molecule has 1 fully saturated rings. The second-order valence-electron chi connectivity index (χ2n) is 5.40. The maximum absolute atomic E-state index is 12.2. The third kappa shape index (κ3) is 3.28. The monoisotopic (exact) mass is 319 g/mol. The Labute approximate surface area is 133 Å². The van der Waals surface area contributed by atoms with Crippen molar-refractivity contribution in [3.05, 3.63) is 40.7 Å². The maximum atomic E-state index is 12.2. The Morgan fingerprint density at radius 2 is 2.00 bits per heavy atom. The number of hydrogen-bond donors (Lipinski definition) is 2. The van der Waals surface area contributed by atoms with E-state index in [0.717, 1.165) is 31.8 Å². The second kappa shape index (κ2) is 6.46. The quantitative estimate of drug-likeness (QED) is 0.909. The lowest BCUT2D eigenvalue weighted by Gasteiger charge is -2.19. The van der Waals surface area contributed by atoms with Crippen LogP contribution in [0.25, 0.3) is 0 Å². The number of halogens is 1. The lowest BCUT2D eigenvalue weighted by Crippen LogP contribution is -2.27. The standard InChI is InChI=1S/C15H18ClN5O/c1-21-15(18-13(20-21)10-6-8-17-9-7-10)19-14(22)11-2-4-12(16)5-3-11/h2-5,10,17H,6-9H2,1H3,(H,18,19,20,22). The van der Waals surface area contributed by atoms with Crippen LogP contribution < -0.4 is 10.6 Å². The van der Waals surface area contributed by atoms with Crippen LogP contribution in [0.1, 0.15) is 34.9 Å². The van der Waals surface area contributed by atoms with Gasteiger partial charge in [-0.05, 0) is 50.2 Å². The first-order chi connectivity index (χ1) is 10.6. The van der Waals surface area contributed by atoms with Crippen molar-refractivity contribution in [1.82, 2.24) is 20.1 Å². The summed E-state index contributed by atoms with van der Waals surface area (Å²) in [6.07, 6.45) is 2.04. The first-order valence-corrected chi connectivity index (χ1v) is 7.70. The normalized spacial score (nSPS) is 15.7. The largest absolute Gasteiger partial charge is 0.317 e. The molecule has 0 bridgehead atoms. The predicted molar refractivity (Wildman–Crippen MR) is 85.3 cm³/mol. The van der Waals surface area contributed by atoms with Gasteiger partial charge in [0.15, 0.2) is 5.82 Å². The number of carbonyl (C=O) groups is 1. The smallest absolute Gasteiger partial charge is 0.258 e. The molecule has 0 radical (unpaired) electrons. The summed E-state index contributed by atoms with van der Waals surface area (Å²) in [5.74, 6) is 1.40. The molecule has 116 valence electrons. The number of nitrogens with zero attached hydrogens (tertiary/aromatic N) is 3. The molecule has 1 aliphatic rings. The van der Waals surface area contributed by atoms with E-state index in [1.807, 2.05) is 0 Å². The average molecular weight is 320 g/mol. The van der Waals surface area contributed by atoms with Gasteiger partial charge in [-0.2, -0.15) is 10.1 Å². The minimum Gasteiger partial charge on any atom is -0.317 e. The number of amides is 1. The molecule has 6 nitrogen and oxygen atoms in total. The molecule has 1 amide bonds. The topological polar surface area (TPSA) is 71.8 Å². The van der Waals surface area contributed by atoms with Gasteiger partial charge in [0.2, 0.25) is 5.95 Å². The Kier molecular flexibility index (Phi) is 4.40. The molecule has 1 saturated heterocycles. The summed E-state index contributed by atoms with van der Waals surface area (Å²) in [6.45, 7) is 1.96. The van der Waals surface area contributed by atoms with Gasteiger partial charge in [0.05, 0.1) is 0 Å². The molecule has 1 aromatic heterocycles. The maximum Gasteiger partial charge on any atom is 0.258 e. The Morgan fingerprint density at radius 3 is 2.68 bits per heavy atom. The van der Waals surface area contributed by atoms with Crippen molar-refractivity contribution in [3.8, 4) is 0 Å². The highest BCUT2D eigenvalue weighted by atomic mass is 35.5. The minimum atomic E-state index is -0.218. The zero-order valence-corrected chi connectivity index (χ0v) is 13.1. The van der Waals surface area contributed by atoms with E-state index < -0.39 is 0 Å². The van der Waals surface area contributed by atoms with Crippen LogP contribution in [0.15, 0.2) is 24.3 Å². The molecule has 0 unspecified atom stereocenters. The molecule has 1 aromatic carbocycles. The molecule has 2 aromatic rings. The van der Waals surface area contributed by atoms with Gasteiger partial charge >= 0.3 is 0 Å². The van der Waals surface area contributed by atoms with Crippen LogP contribution in [0.2, 0.25) is 5.02 Å². The summed E-state index contributed by atoms with van der Waals surface area (Å²) in [5.41, 5.74) is 0.538. The highest BCUT2D eigenvalue weighted by Crippen LogP contribution is 2.23. The van der Waals surface area contributed by atoms with Crippen molar-refractivity contribution in [3.63, 3.8) is 0 Å². The third-order valence-corrected chi connectivity index (χ3v) is 4.07. The van der Waals surface area contributed by atoms with Gasteiger partial charge in [0.1, 0.15) is 0 Å². The molecule has 2 heterocycles. The SMILES string of the molecule is Cn1nc(C2CCNCC2)nc1NC(=O)c1ccc(Cl)cc1. The number of rotatable bonds is 3. The number of benzene rings is 1. The fourth-order valence-electron chi connectivity index (χ4n) is 2.54. The summed E-state index contributed by atoms with van der Waals surface area (Å²) in [7, 11) is 1.79. The number of nitrogens with one attached hydrogen (secondary N) is 2. The fourth-order valence-corrected chi connectivity index (χ4v) is 2.67. The van der Waals surface area contributed by atoms with Crippen molar-refractivity contribution in [2.24, 2.45) is 7.05 Å². The number of aryl methyl sites for hydroxylation is 1. The molecule has 0 saturated carbocycles. The highest BCUT2D eigenvalue weighted by molar-refractivity contribution is 6.30. The Hall–Kier alpha value is -1.92. The molecule has 0 spiro atoms. The van der Waals surface area contributed by atoms with Gasteiger partial charge in [-0.1, -0.05) is 11.6 Å². The van der Waals surface area contributed by atoms with E-state index in [1.165, 1.54) is 0 Å². The Morgan fingerprint density at radius 1 is 1.32 bits per heavy atom. The summed E-state index contributed by atoms with van der Waals surface area (Å²) < 4.78 is 1.62. The number of hydrogen-bond acceptors (Lipinski definition) is 4. The minimum absolute atomic E-state index is 0.218. The Balaban J connectivity index is 1.73. The molecule has 22 heavy (non-hydrogen) atoms. The van der Waals surface area contributed by atoms with Gasteiger partial charge in [-0.15, -0.1) is 0 Å². The van der Waals surface area contributed by atoms with Crippen LogP contribution >= 0.6 is 11.6 Å². The summed E-state index contributed by atoms with van der Waals surface area (Å²) in [4.78, 5) is 16.7. The van der Waals surface area contributed by atoms with Crippen LogP contribution in [0.5, 0.6) is 0 Å². The van der Waals surface area contributed by atoms with E-state index in [4.69, 9.17) is 11.6 Å². The second-order valence-corrected chi connectivity index (χ2v) is 5.84. The van der Waals surface area contributed by atoms with Crippen LogP contribution in [-0.2, 0) is 7.05 Å². The zero-order valence-electron chi connectivity index (χ0n) is 12.3. The van der Waals surface area contributed by atoms with Crippen LogP contribution in [-0.4, -0.2) is 33.8 Å². The van der Waals surface area contributed by atoms with Crippen LogP contribution in [0, 0.1) is 0 Å². The molecule has 0 atom stereocenters. The van der Waals surface area contributed by atoms with Crippen LogP contribution in [0.3, 0.4) is 0 Å². The Bertz CT molecular complexity index is 661. The number of piperidine rings is 1. The molecule has 2 N–H and O–H groups in total. The van der Waals surface area contributed by atoms with Gasteiger partial charge in [-0.25, -0.2) is 4.68 Å². The molecule has 7 heteroatoms. The van der Waals surface area contributed by atoms with Gasteiger partial charge in [0, 0.05) is 23.6 Å². The van der Waals surface area contributed by atoms with E-state index in [1.54, 1.807) is 36.0 Å². The van der Waals surface area contributed by atoms with Crippen molar-refractivity contribution in [1.29, 1.82) is 0 Å². The van der Waals surface area contributed by atoms with Gasteiger partial charge < -0.3 is 5.32 Å². The highest BCUT2D eigenvalue weighted by Gasteiger charge is 2.21. The average Bonchev–Trinajstić information content (AvgIpc) is 2.90. The van der Waals surface area contributed by atoms with E-state index >= 15 is 0 Å². The number of anilines is 1. The van der Waals surface area contributed by atoms with Gasteiger partial charge in [-0.3, -0.25) is 10.1 Å². The van der Waals surface area contributed by atoms with Crippen LogP contribution in [0.4, 0.5) is 5.95 Å². The van der Waals surface area contributed by atoms with E-state index in [0.29, 0.717) is 22.5 Å². The summed E-state index contributed by atoms with van der Waals surface area (Å²) >= 11 is 5.83. The number of carbonyl (C=O) groups excluding carboxylic acids is 1. The molecular weight excluding hydrogens is 302 g/mol. The fraction of sp³-hybridized carbons (Fsp3) is 0.400. The summed E-state index contributed by atoms with van der Waals surface area (Å²) in [6, 6.07) is 6.74. The molecule has 0 aliphatic carbocycles. The lowest BCUT2D eigenvalue weighted by atomic mass is 9.98. The van der Waals surface area contributed by atoms with E-state index in [9.17, 15) is 4.79 Å². The van der Waals surface area contributed by atoms with Gasteiger partial charge in [0.25, 0.3) is 5.91 Å². The molecule has 1 aliphatic heterocycles. The first-order valence-electron chi connectivity index (χ1n) is 7.32. The van der Waals surface area contributed by atoms with Crippen molar-refractivity contribution >= 4 is 23.5 Å². The first kappa shape index (κ1) is 15.0. The van der Waals surface area contributed by atoms with Crippen molar-refractivity contribution in [2.75, 3.05) is 18.4 Å². The summed E-state index contributed by atoms with van der Waals surface area (Å²) in [5, 5.41) is 11.2. The third-order valence-electron chi connectivity index (χ3n) is 3.82. The number of aromatic nitrogens is 3. The van der Waals surface area contributed by atoms with E-state index in [2.05, 4.69) is 20.7 Å². The van der Waals surface area contributed by atoms with E-state index in [-0.39, 0.29) is 5.91 Å². The predicted octanol–water partition coefficient (Wildman–Crippen LogP) is 2.19. The molecular formula is C15H18ClN5O. The zero-order chi connectivity index (χ0) is 15.5. The lowest BCUT2D eigenvalue weighted by molar-refractivity contribution is 0.102. The molecule has 3 rings (SSSR count). The van der Waals surface area contributed by atoms with Crippen molar-refractivity contribution < 1.29 is 4.79 Å².